The lowest BCUT2D eigenvalue weighted by atomic mass is 9.57. The lowest BCUT2D eigenvalue weighted by molar-refractivity contribution is -0.153. The highest BCUT2D eigenvalue weighted by Gasteiger charge is 2.64. The summed E-state index contributed by atoms with van der Waals surface area (Å²) in [5.74, 6) is -6.51. The van der Waals surface area contributed by atoms with Crippen molar-refractivity contribution in [3.8, 4) is 5.75 Å². The normalized spacial score (nSPS) is 30.3. The second-order valence-electron chi connectivity index (χ2n) is 11.2. The van der Waals surface area contributed by atoms with Crippen molar-refractivity contribution in [2.45, 2.75) is 43.4 Å². The Bertz CT molecular complexity index is 1290. The number of amides is 1. The van der Waals surface area contributed by atoms with E-state index in [1.165, 1.54) is 11.0 Å². The van der Waals surface area contributed by atoms with Gasteiger partial charge in [-0.2, -0.15) is 0 Å². The minimum absolute atomic E-state index is 0.0646. The largest absolute Gasteiger partial charge is 0.508 e. The topological polar surface area (TPSA) is 177 Å². The van der Waals surface area contributed by atoms with Gasteiger partial charge in [-0.15, -0.1) is 0 Å². The quantitative estimate of drug-likeness (QED) is 0.239. The number of nitrogens with two attached hydrogens (primary N) is 1. The Hall–Kier alpha value is -3.41. The van der Waals surface area contributed by atoms with Crippen molar-refractivity contribution in [1.82, 2.24) is 9.80 Å². The van der Waals surface area contributed by atoms with Gasteiger partial charge in [0.1, 0.15) is 22.8 Å². The number of nitrogens with zero attached hydrogens (tertiary/aromatic N) is 2. The van der Waals surface area contributed by atoms with Gasteiger partial charge in [-0.1, -0.05) is 0 Å². The first-order valence-electron chi connectivity index (χ1n) is 12.8. The summed E-state index contributed by atoms with van der Waals surface area (Å²) in [6.45, 7) is 1.88. The van der Waals surface area contributed by atoms with Gasteiger partial charge in [-0.05, 0) is 83.5 Å². The SMILES string of the molecule is CN1CCC(Nc2ccc(O)c3c2C[C@@H]2C[C@H]4[C@H](N(C)C)C(=O)C(C(N)=O)=C(O)[C@]4(O)C(=O)C2=C3O)CC1. The first-order chi connectivity index (χ1) is 17.9. The summed E-state index contributed by atoms with van der Waals surface area (Å²) < 4.78 is 0. The molecule has 1 aliphatic heterocycles. The number of rotatable bonds is 4. The molecule has 7 N–H and O–H groups in total. The Balaban J connectivity index is 1.62. The average Bonchev–Trinajstić information content (AvgIpc) is 2.84. The Morgan fingerprint density at radius 2 is 1.82 bits per heavy atom. The van der Waals surface area contributed by atoms with Gasteiger partial charge < -0.3 is 36.4 Å². The van der Waals surface area contributed by atoms with Crippen molar-refractivity contribution in [1.29, 1.82) is 0 Å². The molecule has 38 heavy (non-hydrogen) atoms. The number of aliphatic hydroxyl groups is 3. The monoisotopic (exact) mass is 526 g/mol. The fourth-order valence-corrected chi connectivity index (χ4v) is 6.75. The zero-order valence-corrected chi connectivity index (χ0v) is 21.7. The maximum atomic E-state index is 13.9. The number of carbonyl (C=O) groups excluding carboxylic acids is 3. The number of aromatic hydroxyl groups is 1. The summed E-state index contributed by atoms with van der Waals surface area (Å²) >= 11 is 0. The smallest absolute Gasteiger partial charge is 0.255 e. The first kappa shape index (κ1) is 26.2. The van der Waals surface area contributed by atoms with Crippen LogP contribution in [0, 0.1) is 11.8 Å². The van der Waals surface area contributed by atoms with Crippen LogP contribution in [0.5, 0.6) is 5.75 Å². The second kappa shape index (κ2) is 9.11. The number of piperidine rings is 1. The van der Waals surface area contributed by atoms with Crippen LogP contribution in [0.15, 0.2) is 29.0 Å². The minimum Gasteiger partial charge on any atom is -0.508 e. The van der Waals surface area contributed by atoms with E-state index >= 15 is 0 Å². The Morgan fingerprint density at radius 3 is 2.42 bits per heavy atom. The van der Waals surface area contributed by atoms with E-state index in [4.69, 9.17) is 5.73 Å². The van der Waals surface area contributed by atoms with Crippen LogP contribution in [-0.4, -0.2) is 99.6 Å². The molecule has 4 atom stereocenters. The maximum absolute atomic E-state index is 13.9. The molecule has 204 valence electrons. The van der Waals surface area contributed by atoms with Crippen molar-refractivity contribution in [2.75, 3.05) is 39.5 Å². The maximum Gasteiger partial charge on any atom is 0.255 e. The molecule has 0 aromatic heterocycles. The summed E-state index contributed by atoms with van der Waals surface area (Å²) in [5, 5.41) is 48.2. The van der Waals surface area contributed by atoms with Crippen LogP contribution >= 0.6 is 0 Å². The summed E-state index contributed by atoms with van der Waals surface area (Å²) in [7, 11) is 5.23. The number of aliphatic hydroxyl groups excluding tert-OH is 2. The summed E-state index contributed by atoms with van der Waals surface area (Å²) in [4.78, 5) is 42.9. The van der Waals surface area contributed by atoms with Gasteiger partial charge in [0.2, 0.25) is 5.78 Å². The average molecular weight is 527 g/mol. The van der Waals surface area contributed by atoms with Gasteiger partial charge in [-0.3, -0.25) is 19.3 Å². The summed E-state index contributed by atoms with van der Waals surface area (Å²) in [6, 6.07) is 2.30. The molecular weight excluding hydrogens is 492 g/mol. The Morgan fingerprint density at radius 1 is 1.16 bits per heavy atom. The minimum atomic E-state index is -2.63. The lowest BCUT2D eigenvalue weighted by Crippen LogP contribution is -2.65. The van der Waals surface area contributed by atoms with E-state index in [9.17, 15) is 34.8 Å². The van der Waals surface area contributed by atoms with E-state index in [0.29, 0.717) is 5.56 Å². The van der Waals surface area contributed by atoms with Crippen LogP contribution in [0.2, 0.25) is 0 Å². The van der Waals surface area contributed by atoms with Gasteiger partial charge in [0.05, 0.1) is 11.6 Å². The second-order valence-corrected chi connectivity index (χ2v) is 11.2. The molecular formula is C27H34N4O7. The predicted molar refractivity (Wildman–Crippen MR) is 138 cm³/mol. The number of fused-ring (bicyclic) bond motifs is 3. The van der Waals surface area contributed by atoms with E-state index in [0.717, 1.165) is 31.6 Å². The van der Waals surface area contributed by atoms with Crippen LogP contribution < -0.4 is 11.1 Å². The van der Waals surface area contributed by atoms with Crippen LogP contribution in [0.4, 0.5) is 5.69 Å². The number of primary amides is 1. The van der Waals surface area contributed by atoms with E-state index < -0.39 is 58.0 Å². The molecule has 1 saturated carbocycles. The number of nitrogens with one attached hydrogen (secondary N) is 1. The van der Waals surface area contributed by atoms with Crippen molar-refractivity contribution >= 4 is 28.9 Å². The Kier molecular flexibility index (Phi) is 6.28. The highest BCUT2D eigenvalue weighted by Crippen LogP contribution is 2.53. The van der Waals surface area contributed by atoms with Crippen molar-refractivity contribution < 1.29 is 34.8 Å². The van der Waals surface area contributed by atoms with Gasteiger partial charge in [0.15, 0.2) is 11.4 Å². The van der Waals surface area contributed by atoms with Gasteiger partial charge in [0.25, 0.3) is 5.91 Å². The third kappa shape index (κ3) is 3.71. The molecule has 0 radical (unpaired) electrons. The number of phenols is 1. The molecule has 0 unspecified atom stereocenters. The number of benzene rings is 1. The predicted octanol–water partition coefficient (Wildman–Crippen LogP) is 0.470. The number of Topliss-reactive ketones (excluding diaryl/α,β-unsaturated/α-hetero) is 2. The standard InChI is InChI=1S/C27H34N4O7/c1-30(2)21-15-11-12-10-14-16(29-13-6-8-31(3)9-7-13)4-5-17(32)19(14)22(33)18(12)24(35)27(15,38)25(36)20(23(21)34)26(28)37/h4-5,12-13,15,21,29,32-33,36,38H,6-11H2,1-3H3,(H2,28,37)/t12-,15+,21+,27-/m1/s1. The lowest BCUT2D eigenvalue weighted by Gasteiger charge is -2.50. The van der Waals surface area contributed by atoms with Crippen LogP contribution in [0.3, 0.4) is 0 Å². The van der Waals surface area contributed by atoms with Crippen LogP contribution in [0.1, 0.15) is 30.4 Å². The molecule has 4 aliphatic rings. The zero-order valence-electron chi connectivity index (χ0n) is 21.7. The molecule has 1 aromatic carbocycles. The van der Waals surface area contributed by atoms with Gasteiger partial charge in [0, 0.05) is 23.2 Å². The number of likely N-dealkylation sites (tertiary alicyclic amines) is 1. The summed E-state index contributed by atoms with van der Waals surface area (Å²) in [6.07, 6.45) is 2.18. The molecule has 1 saturated heterocycles. The third-order valence-electron chi connectivity index (χ3n) is 8.68. The number of phenolic OH excluding ortho intramolecular Hbond substituents is 1. The molecule has 0 spiro atoms. The number of likely N-dealkylation sites (N-methyl/N-ethyl adjacent to an activating group) is 1. The molecule has 1 amide bonds. The molecule has 3 aliphatic carbocycles. The number of hydrogen-bond donors (Lipinski definition) is 6. The highest BCUT2D eigenvalue weighted by atomic mass is 16.3. The highest BCUT2D eigenvalue weighted by molar-refractivity contribution is 6.24. The van der Waals surface area contributed by atoms with Gasteiger partial charge in [-0.25, -0.2) is 0 Å². The third-order valence-corrected chi connectivity index (χ3v) is 8.68. The van der Waals surface area contributed by atoms with Crippen LogP contribution in [0.25, 0.3) is 5.76 Å². The zero-order chi connectivity index (χ0) is 27.7. The molecule has 1 aromatic rings. The van der Waals surface area contributed by atoms with E-state index in [1.807, 2.05) is 0 Å². The van der Waals surface area contributed by atoms with Gasteiger partial charge >= 0.3 is 0 Å². The van der Waals surface area contributed by atoms with Crippen molar-refractivity contribution in [3.63, 3.8) is 0 Å². The number of ketones is 2. The fourth-order valence-electron chi connectivity index (χ4n) is 6.75. The fraction of sp³-hybridized carbons (Fsp3) is 0.519. The van der Waals surface area contributed by atoms with E-state index in [-0.39, 0.29) is 35.8 Å². The number of anilines is 1. The van der Waals surface area contributed by atoms with Crippen molar-refractivity contribution in [3.05, 3.63) is 40.2 Å². The molecule has 11 heteroatoms. The van der Waals surface area contributed by atoms with E-state index in [2.05, 4.69) is 17.3 Å². The molecule has 5 rings (SSSR count). The molecule has 2 fully saturated rings. The van der Waals surface area contributed by atoms with Crippen molar-refractivity contribution in [2.24, 2.45) is 17.6 Å². The molecule has 11 nitrogen and oxygen atoms in total. The first-order valence-corrected chi connectivity index (χ1v) is 12.8. The van der Waals surface area contributed by atoms with Crippen LogP contribution in [-0.2, 0) is 20.8 Å². The number of carbonyl (C=O) groups is 3. The summed E-state index contributed by atoms with van der Waals surface area (Å²) in [5.41, 5.74) is 3.24. The molecule has 0 bridgehead atoms. The Labute approximate surface area is 220 Å². The number of hydrogen-bond acceptors (Lipinski definition) is 10. The van der Waals surface area contributed by atoms with E-state index in [1.54, 1.807) is 20.2 Å². The molecule has 1 heterocycles.